The second kappa shape index (κ2) is 5.79. The lowest BCUT2D eigenvalue weighted by atomic mass is 9.79. The zero-order valence-corrected chi connectivity index (χ0v) is 13.2. The first-order valence-corrected chi connectivity index (χ1v) is 7.56. The quantitative estimate of drug-likeness (QED) is 0.679. The number of aromatic hydroxyl groups is 1. The predicted octanol–water partition coefficient (Wildman–Crippen LogP) is 5.51. The molecule has 2 aromatic rings. The third-order valence-corrected chi connectivity index (χ3v) is 3.95. The van der Waals surface area contributed by atoms with Crippen molar-refractivity contribution in [1.29, 1.82) is 0 Å². The molecular formula is C17H19BrO. The molecule has 1 atom stereocenters. The fourth-order valence-corrected chi connectivity index (χ4v) is 2.99. The van der Waals surface area contributed by atoms with Crippen LogP contribution in [0.4, 0.5) is 0 Å². The number of hydrogen-bond donors (Lipinski definition) is 1. The van der Waals surface area contributed by atoms with Crippen molar-refractivity contribution in [1.82, 2.24) is 0 Å². The Morgan fingerprint density at radius 1 is 1.05 bits per heavy atom. The first-order valence-electron chi connectivity index (χ1n) is 6.77. The summed E-state index contributed by atoms with van der Waals surface area (Å²) in [5.74, 6) is 0.874. The maximum Gasteiger partial charge on any atom is 0.116 e. The van der Waals surface area contributed by atoms with Crippen molar-refractivity contribution in [2.75, 3.05) is 0 Å². The molecule has 0 bridgehead atoms. The molecule has 0 radical (unpaired) electrons. The third-order valence-electron chi connectivity index (χ3n) is 3.46. The molecule has 0 aromatic heterocycles. The predicted molar refractivity (Wildman–Crippen MR) is 84.7 cm³/mol. The van der Waals surface area contributed by atoms with Gasteiger partial charge in [-0.15, -0.1) is 0 Å². The van der Waals surface area contributed by atoms with Crippen molar-refractivity contribution in [3.05, 3.63) is 52.0 Å². The molecule has 1 nitrogen and oxygen atoms in total. The summed E-state index contributed by atoms with van der Waals surface area (Å²) in [6.45, 7) is 6.25. The molecule has 3 rings (SSSR count). The highest BCUT2D eigenvalue weighted by molar-refractivity contribution is 9.10. The summed E-state index contributed by atoms with van der Waals surface area (Å²) in [5.41, 5.74) is 5.09. The smallest absolute Gasteiger partial charge is 0.116 e. The van der Waals surface area contributed by atoms with Gasteiger partial charge in [-0.2, -0.15) is 0 Å². The molecule has 0 heterocycles. The highest BCUT2D eigenvalue weighted by atomic mass is 79.9. The molecule has 0 saturated carbocycles. The minimum Gasteiger partial charge on any atom is -0.508 e. The third kappa shape index (κ3) is 2.69. The highest BCUT2D eigenvalue weighted by Gasteiger charge is 2.21. The fourth-order valence-electron chi connectivity index (χ4n) is 2.62. The van der Waals surface area contributed by atoms with Gasteiger partial charge in [0, 0.05) is 4.47 Å². The summed E-state index contributed by atoms with van der Waals surface area (Å²) in [4.78, 5) is 0. The van der Waals surface area contributed by atoms with Gasteiger partial charge in [0.2, 0.25) is 0 Å². The van der Waals surface area contributed by atoms with Gasteiger partial charge < -0.3 is 5.11 Å². The topological polar surface area (TPSA) is 20.2 Å². The van der Waals surface area contributed by atoms with E-state index in [4.69, 9.17) is 0 Å². The van der Waals surface area contributed by atoms with E-state index in [1.54, 1.807) is 6.07 Å². The van der Waals surface area contributed by atoms with Gasteiger partial charge >= 0.3 is 0 Å². The van der Waals surface area contributed by atoms with E-state index in [0.29, 0.717) is 11.7 Å². The van der Waals surface area contributed by atoms with E-state index in [9.17, 15) is 5.11 Å². The first kappa shape index (κ1) is 14.1. The molecule has 0 spiro atoms. The number of phenols is 1. The maximum absolute atomic E-state index is 9.64. The van der Waals surface area contributed by atoms with Crippen molar-refractivity contribution in [3.8, 4) is 16.9 Å². The van der Waals surface area contributed by atoms with Gasteiger partial charge in [-0.05, 0) is 58.9 Å². The van der Waals surface area contributed by atoms with Gasteiger partial charge in [-0.1, -0.05) is 48.8 Å². The molecule has 0 amide bonds. The van der Waals surface area contributed by atoms with E-state index in [0.717, 1.165) is 10.9 Å². The lowest BCUT2D eigenvalue weighted by Gasteiger charge is -2.25. The van der Waals surface area contributed by atoms with Gasteiger partial charge in [0.25, 0.3) is 0 Å². The Morgan fingerprint density at radius 3 is 2.53 bits per heavy atom. The zero-order chi connectivity index (χ0) is 14.0. The highest BCUT2D eigenvalue weighted by Crippen LogP contribution is 2.41. The molecule has 1 unspecified atom stereocenters. The molecule has 19 heavy (non-hydrogen) atoms. The largest absolute Gasteiger partial charge is 0.508 e. The molecule has 2 aromatic carbocycles. The van der Waals surface area contributed by atoms with Crippen LogP contribution in [0.5, 0.6) is 5.75 Å². The van der Waals surface area contributed by atoms with Gasteiger partial charge in [0.1, 0.15) is 5.75 Å². The van der Waals surface area contributed by atoms with Crippen LogP contribution in [0.2, 0.25) is 0 Å². The number of halogens is 1. The zero-order valence-electron chi connectivity index (χ0n) is 11.6. The number of hydrogen-bond acceptors (Lipinski definition) is 1. The van der Waals surface area contributed by atoms with Crippen molar-refractivity contribution in [2.24, 2.45) is 0 Å². The monoisotopic (exact) mass is 318 g/mol. The van der Waals surface area contributed by atoms with E-state index in [1.165, 1.54) is 22.3 Å². The van der Waals surface area contributed by atoms with Crippen LogP contribution in [0.1, 0.15) is 37.8 Å². The Hall–Kier alpha value is -1.28. The average Bonchev–Trinajstić information content (AvgIpc) is 2.42. The van der Waals surface area contributed by atoms with Crippen molar-refractivity contribution >= 4 is 15.9 Å². The Balaban J connectivity index is 0.000000637. The Bertz CT molecular complexity index is 590. The second-order valence-corrected chi connectivity index (χ2v) is 5.59. The number of benzene rings is 2. The number of fused-ring (bicyclic) bond motifs is 3. The van der Waals surface area contributed by atoms with Crippen LogP contribution in [0.15, 0.2) is 40.9 Å². The summed E-state index contributed by atoms with van der Waals surface area (Å²) < 4.78 is 1.08. The van der Waals surface area contributed by atoms with E-state index in [2.05, 4.69) is 41.1 Å². The fraction of sp³-hybridized carbons (Fsp3) is 0.294. The van der Waals surface area contributed by atoms with Gasteiger partial charge in [-0.25, -0.2) is 0 Å². The van der Waals surface area contributed by atoms with Crippen LogP contribution in [0.3, 0.4) is 0 Å². The first-order chi connectivity index (χ1) is 9.15. The molecular weight excluding hydrogens is 300 g/mol. The normalized spacial score (nSPS) is 15.9. The summed E-state index contributed by atoms with van der Waals surface area (Å²) in [6.07, 6.45) is 1.05. The standard InChI is InChI=1S/C15H13BrO.C2H6/c1-9-6-10-2-4-12(17)8-14(10)15-7-11(16)3-5-13(9)15;1-2/h2-5,7-9,17H,6H2,1H3;1-2H3. The summed E-state index contributed by atoms with van der Waals surface area (Å²) in [5, 5.41) is 9.64. The molecule has 0 saturated heterocycles. The summed E-state index contributed by atoms with van der Waals surface area (Å²) in [6, 6.07) is 12.1. The molecule has 100 valence electrons. The van der Waals surface area contributed by atoms with Crippen LogP contribution in [0, 0.1) is 0 Å². The van der Waals surface area contributed by atoms with E-state index in [-0.39, 0.29) is 0 Å². The minimum absolute atomic E-state index is 0.337. The molecule has 2 heteroatoms. The van der Waals surface area contributed by atoms with E-state index >= 15 is 0 Å². The Kier molecular flexibility index (Phi) is 4.31. The molecule has 1 N–H and O–H groups in total. The average molecular weight is 319 g/mol. The molecule has 0 fully saturated rings. The van der Waals surface area contributed by atoms with Crippen LogP contribution < -0.4 is 0 Å². The van der Waals surface area contributed by atoms with Gasteiger partial charge in [0.15, 0.2) is 0 Å². The molecule has 0 aliphatic heterocycles. The van der Waals surface area contributed by atoms with Crippen LogP contribution in [0.25, 0.3) is 11.1 Å². The number of rotatable bonds is 0. The maximum atomic E-state index is 9.64. The van der Waals surface area contributed by atoms with Crippen molar-refractivity contribution < 1.29 is 5.11 Å². The lowest BCUT2D eigenvalue weighted by molar-refractivity contribution is 0.475. The van der Waals surface area contributed by atoms with E-state index in [1.807, 2.05) is 26.0 Å². The van der Waals surface area contributed by atoms with Crippen molar-refractivity contribution in [3.63, 3.8) is 0 Å². The van der Waals surface area contributed by atoms with Crippen LogP contribution in [-0.4, -0.2) is 5.11 Å². The summed E-state index contributed by atoms with van der Waals surface area (Å²) >= 11 is 3.52. The number of phenolic OH excluding ortho intramolecular Hbond substituents is 1. The minimum atomic E-state index is 0.337. The summed E-state index contributed by atoms with van der Waals surface area (Å²) in [7, 11) is 0. The van der Waals surface area contributed by atoms with Gasteiger partial charge in [0.05, 0.1) is 0 Å². The van der Waals surface area contributed by atoms with Crippen LogP contribution in [-0.2, 0) is 6.42 Å². The Morgan fingerprint density at radius 2 is 1.79 bits per heavy atom. The lowest BCUT2D eigenvalue weighted by Crippen LogP contribution is -2.08. The van der Waals surface area contributed by atoms with Crippen molar-refractivity contribution in [2.45, 2.75) is 33.1 Å². The van der Waals surface area contributed by atoms with Crippen LogP contribution >= 0.6 is 15.9 Å². The van der Waals surface area contributed by atoms with Gasteiger partial charge in [-0.3, -0.25) is 0 Å². The molecule has 1 aliphatic carbocycles. The second-order valence-electron chi connectivity index (χ2n) is 4.68. The SMILES string of the molecule is CC.CC1Cc2ccc(O)cc2-c2cc(Br)ccc21. The Labute approximate surface area is 123 Å². The molecule has 1 aliphatic rings. The van der Waals surface area contributed by atoms with E-state index < -0.39 is 0 Å².